The van der Waals surface area contributed by atoms with Crippen LogP contribution in [0, 0.1) is 6.92 Å². The van der Waals surface area contributed by atoms with Gasteiger partial charge in [-0.1, -0.05) is 6.92 Å². The van der Waals surface area contributed by atoms with Gasteiger partial charge in [0, 0.05) is 48.5 Å². The van der Waals surface area contributed by atoms with Gasteiger partial charge in [-0.25, -0.2) is 4.98 Å². The molecular weight excluding hydrogens is 432 g/mol. The number of aryl methyl sites for hydroxylation is 1. The molecule has 7 heteroatoms. The Balaban J connectivity index is 1.34. The SMILES string of the molecule is CCOc1ccc(-c2nc(CC(=O)Nc3ccc(N4CCN(CC)CC4)cc3C)cs2)cc1. The lowest BCUT2D eigenvalue weighted by molar-refractivity contribution is -0.115. The minimum atomic E-state index is -0.0500. The first-order valence-electron chi connectivity index (χ1n) is 11.6. The van der Waals surface area contributed by atoms with Crippen molar-refractivity contribution >= 4 is 28.6 Å². The zero-order valence-electron chi connectivity index (χ0n) is 19.6. The molecule has 0 saturated carbocycles. The fourth-order valence-corrected chi connectivity index (χ4v) is 4.87. The fourth-order valence-electron chi connectivity index (χ4n) is 4.05. The van der Waals surface area contributed by atoms with E-state index in [0.29, 0.717) is 6.61 Å². The van der Waals surface area contributed by atoms with Gasteiger partial charge >= 0.3 is 0 Å². The Hall–Kier alpha value is -2.90. The van der Waals surface area contributed by atoms with Crippen LogP contribution in [0.25, 0.3) is 10.6 Å². The van der Waals surface area contributed by atoms with Crippen LogP contribution in [0.3, 0.4) is 0 Å². The molecule has 2 heterocycles. The van der Waals surface area contributed by atoms with Crippen molar-refractivity contribution in [3.8, 4) is 16.3 Å². The molecule has 1 N–H and O–H groups in total. The van der Waals surface area contributed by atoms with E-state index in [4.69, 9.17) is 4.74 Å². The summed E-state index contributed by atoms with van der Waals surface area (Å²) in [7, 11) is 0. The number of thiazole rings is 1. The van der Waals surface area contributed by atoms with Crippen LogP contribution in [0.1, 0.15) is 25.1 Å². The van der Waals surface area contributed by atoms with Gasteiger partial charge in [0.1, 0.15) is 10.8 Å². The maximum atomic E-state index is 12.7. The molecule has 1 aromatic heterocycles. The largest absolute Gasteiger partial charge is 0.494 e. The molecule has 0 spiro atoms. The summed E-state index contributed by atoms with van der Waals surface area (Å²) in [5, 5.41) is 5.92. The van der Waals surface area contributed by atoms with Gasteiger partial charge in [0.25, 0.3) is 0 Å². The van der Waals surface area contributed by atoms with E-state index in [1.165, 1.54) is 5.69 Å². The topological polar surface area (TPSA) is 57.7 Å². The van der Waals surface area contributed by atoms with Crippen LogP contribution in [-0.2, 0) is 11.2 Å². The number of hydrogen-bond acceptors (Lipinski definition) is 6. The predicted molar refractivity (Wildman–Crippen MR) is 137 cm³/mol. The number of nitrogens with one attached hydrogen (secondary N) is 1. The van der Waals surface area contributed by atoms with Gasteiger partial charge < -0.3 is 19.9 Å². The molecule has 1 aliphatic heterocycles. The molecule has 0 aliphatic carbocycles. The summed E-state index contributed by atoms with van der Waals surface area (Å²) >= 11 is 1.55. The number of likely N-dealkylation sites (N-methyl/N-ethyl adjacent to an activating group) is 1. The standard InChI is InChI=1S/C26H32N4O2S/c1-4-29-12-14-30(15-13-29)22-8-11-24(19(3)16-22)28-25(31)17-21-18-33-26(27-21)20-6-9-23(10-7-20)32-5-2/h6-11,16,18H,4-5,12-15,17H2,1-3H3,(H,28,31). The second-order valence-electron chi connectivity index (χ2n) is 8.25. The minimum Gasteiger partial charge on any atom is -0.494 e. The third-order valence-corrected chi connectivity index (χ3v) is 6.91. The molecule has 1 fully saturated rings. The highest BCUT2D eigenvalue weighted by Crippen LogP contribution is 2.27. The van der Waals surface area contributed by atoms with Crippen molar-refractivity contribution in [2.24, 2.45) is 0 Å². The molecule has 1 amide bonds. The first kappa shape index (κ1) is 23.3. The van der Waals surface area contributed by atoms with E-state index in [0.717, 1.165) is 66.0 Å². The van der Waals surface area contributed by atoms with Crippen molar-refractivity contribution in [3.63, 3.8) is 0 Å². The van der Waals surface area contributed by atoms with E-state index < -0.39 is 0 Å². The van der Waals surface area contributed by atoms with Gasteiger partial charge in [-0.2, -0.15) is 0 Å². The Morgan fingerprint density at radius 3 is 2.52 bits per heavy atom. The molecule has 0 bridgehead atoms. The number of ether oxygens (including phenoxy) is 1. The maximum absolute atomic E-state index is 12.7. The third kappa shape index (κ3) is 5.92. The lowest BCUT2D eigenvalue weighted by Crippen LogP contribution is -2.46. The molecule has 1 aliphatic rings. The number of amides is 1. The monoisotopic (exact) mass is 464 g/mol. The van der Waals surface area contributed by atoms with Crippen molar-refractivity contribution in [1.29, 1.82) is 0 Å². The minimum absolute atomic E-state index is 0.0500. The van der Waals surface area contributed by atoms with Crippen molar-refractivity contribution in [3.05, 3.63) is 59.1 Å². The van der Waals surface area contributed by atoms with Crippen LogP contribution in [0.5, 0.6) is 5.75 Å². The van der Waals surface area contributed by atoms with E-state index >= 15 is 0 Å². The number of benzene rings is 2. The Labute approximate surface area is 200 Å². The normalized spacial score (nSPS) is 14.3. The van der Waals surface area contributed by atoms with E-state index in [2.05, 4.69) is 39.2 Å². The predicted octanol–water partition coefficient (Wildman–Crippen LogP) is 4.84. The van der Waals surface area contributed by atoms with Crippen molar-refractivity contribution in [2.45, 2.75) is 27.2 Å². The lowest BCUT2D eigenvalue weighted by Gasteiger charge is -2.35. The number of carbonyl (C=O) groups excluding carboxylic acids is 1. The van der Waals surface area contributed by atoms with E-state index in [9.17, 15) is 4.79 Å². The molecule has 0 radical (unpaired) electrons. The zero-order chi connectivity index (χ0) is 23.2. The average Bonchev–Trinajstić information content (AvgIpc) is 3.29. The molecule has 3 aromatic rings. The average molecular weight is 465 g/mol. The van der Waals surface area contributed by atoms with E-state index in [1.54, 1.807) is 11.3 Å². The number of nitrogens with zero attached hydrogens (tertiary/aromatic N) is 3. The van der Waals surface area contributed by atoms with Gasteiger partial charge in [-0.05, 0) is 68.4 Å². The molecule has 2 aromatic carbocycles. The summed E-state index contributed by atoms with van der Waals surface area (Å²) in [4.78, 5) is 22.2. The van der Waals surface area contributed by atoms with Gasteiger partial charge in [0.2, 0.25) is 5.91 Å². The summed E-state index contributed by atoms with van der Waals surface area (Å²) in [5.41, 5.74) is 4.97. The number of piperazine rings is 1. The number of carbonyl (C=O) groups is 1. The molecule has 0 atom stereocenters. The number of aromatic nitrogens is 1. The molecule has 6 nitrogen and oxygen atoms in total. The summed E-state index contributed by atoms with van der Waals surface area (Å²) in [6, 6.07) is 14.2. The van der Waals surface area contributed by atoms with Crippen molar-refractivity contribution in [1.82, 2.24) is 9.88 Å². The third-order valence-electron chi connectivity index (χ3n) is 5.97. The second-order valence-corrected chi connectivity index (χ2v) is 9.10. The second kappa shape index (κ2) is 10.8. The molecule has 174 valence electrons. The molecule has 33 heavy (non-hydrogen) atoms. The van der Waals surface area contributed by atoms with E-state index in [1.807, 2.05) is 49.6 Å². The van der Waals surface area contributed by atoms with Crippen LogP contribution < -0.4 is 15.0 Å². The summed E-state index contributed by atoms with van der Waals surface area (Å²) in [5.74, 6) is 0.799. The van der Waals surface area contributed by atoms with Crippen molar-refractivity contribution in [2.75, 3.05) is 49.5 Å². The molecular formula is C26H32N4O2S. The lowest BCUT2D eigenvalue weighted by atomic mass is 10.1. The Kier molecular flexibility index (Phi) is 7.62. The Morgan fingerprint density at radius 2 is 1.85 bits per heavy atom. The van der Waals surface area contributed by atoms with Crippen LogP contribution >= 0.6 is 11.3 Å². The number of hydrogen-bond donors (Lipinski definition) is 1. The van der Waals surface area contributed by atoms with Gasteiger partial charge in [-0.15, -0.1) is 11.3 Å². The summed E-state index contributed by atoms with van der Waals surface area (Å²) in [6.07, 6.45) is 0.258. The quantitative estimate of drug-likeness (QED) is 0.517. The van der Waals surface area contributed by atoms with Gasteiger partial charge in [0.05, 0.1) is 18.7 Å². The first-order valence-corrected chi connectivity index (χ1v) is 12.5. The maximum Gasteiger partial charge on any atom is 0.230 e. The number of anilines is 2. The highest BCUT2D eigenvalue weighted by molar-refractivity contribution is 7.13. The highest BCUT2D eigenvalue weighted by Gasteiger charge is 2.17. The first-order chi connectivity index (χ1) is 16.1. The number of rotatable bonds is 8. The van der Waals surface area contributed by atoms with E-state index in [-0.39, 0.29) is 12.3 Å². The summed E-state index contributed by atoms with van der Waals surface area (Å²) in [6.45, 7) is 12.3. The van der Waals surface area contributed by atoms with Crippen LogP contribution in [0.2, 0.25) is 0 Å². The van der Waals surface area contributed by atoms with Crippen LogP contribution in [0.4, 0.5) is 11.4 Å². The molecule has 4 rings (SSSR count). The molecule has 0 unspecified atom stereocenters. The summed E-state index contributed by atoms with van der Waals surface area (Å²) < 4.78 is 5.50. The van der Waals surface area contributed by atoms with Crippen molar-refractivity contribution < 1.29 is 9.53 Å². The Bertz CT molecular complexity index is 1070. The zero-order valence-corrected chi connectivity index (χ0v) is 20.5. The van der Waals surface area contributed by atoms with Crippen LogP contribution in [0.15, 0.2) is 47.8 Å². The van der Waals surface area contributed by atoms with Gasteiger partial charge in [-0.3, -0.25) is 4.79 Å². The smallest absolute Gasteiger partial charge is 0.230 e. The molecule has 1 saturated heterocycles. The highest BCUT2D eigenvalue weighted by atomic mass is 32.1. The Morgan fingerprint density at radius 1 is 1.09 bits per heavy atom. The van der Waals surface area contributed by atoms with Gasteiger partial charge in [0.15, 0.2) is 0 Å². The fraction of sp³-hybridized carbons (Fsp3) is 0.385. The van der Waals surface area contributed by atoms with Crippen LogP contribution in [-0.4, -0.2) is 55.1 Å².